The third kappa shape index (κ3) is 2.29. The van der Waals surface area contributed by atoms with Gasteiger partial charge in [-0.3, -0.25) is 0 Å². The summed E-state index contributed by atoms with van der Waals surface area (Å²) in [6.45, 7) is 0. The Morgan fingerprint density at radius 3 is 2.62 bits per heavy atom. The van der Waals surface area contributed by atoms with Crippen molar-refractivity contribution in [1.29, 1.82) is 0 Å². The van der Waals surface area contributed by atoms with E-state index in [1.807, 2.05) is 36.4 Å². The van der Waals surface area contributed by atoms with E-state index in [4.69, 9.17) is 4.74 Å². The third-order valence-corrected chi connectivity index (χ3v) is 4.17. The summed E-state index contributed by atoms with van der Waals surface area (Å²) in [5.74, 6) is 0.391. The first-order chi connectivity index (χ1) is 11.6. The number of carbonyl (C=O) groups is 1. The van der Waals surface area contributed by atoms with Gasteiger partial charge in [0.2, 0.25) is 0 Å². The Morgan fingerprint density at radius 2 is 1.88 bits per heavy atom. The fourth-order valence-electron chi connectivity index (χ4n) is 3.07. The lowest BCUT2D eigenvalue weighted by molar-refractivity contribution is -0.132. The van der Waals surface area contributed by atoms with Crippen molar-refractivity contribution in [1.82, 2.24) is 0 Å². The van der Waals surface area contributed by atoms with Crippen molar-refractivity contribution < 1.29 is 19.7 Å². The van der Waals surface area contributed by atoms with Gasteiger partial charge >= 0.3 is 5.97 Å². The van der Waals surface area contributed by atoms with Gasteiger partial charge in [-0.2, -0.15) is 0 Å². The Balaban J connectivity index is 1.94. The molecule has 2 aromatic rings. The molecule has 0 amide bonds. The van der Waals surface area contributed by atoms with E-state index >= 15 is 0 Å². The van der Waals surface area contributed by atoms with Gasteiger partial charge < -0.3 is 14.9 Å². The van der Waals surface area contributed by atoms with E-state index < -0.39 is 5.97 Å². The molecular weight excluding hydrogens is 304 g/mol. The molecule has 2 aromatic carbocycles. The molecule has 0 fully saturated rings. The summed E-state index contributed by atoms with van der Waals surface area (Å²) in [4.78, 5) is 11.7. The Kier molecular flexibility index (Phi) is 3.24. The molecule has 0 radical (unpaired) electrons. The average molecular weight is 318 g/mol. The molecule has 1 heterocycles. The van der Waals surface area contributed by atoms with Gasteiger partial charge in [0.25, 0.3) is 0 Å². The molecule has 0 saturated heterocycles. The van der Waals surface area contributed by atoms with Crippen LogP contribution in [0.5, 0.6) is 11.5 Å². The molecule has 2 N–H and O–H groups in total. The van der Waals surface area contributed by atoms with Crippen molar-refractivity contribution in [2.45, 2.75) is 6.42 Å². The van der Waals surface area contributed by atoms with E-state index in [1.54, 1.807) is 24.3 Å². The highest BCUT2D eigenvalue weighted by Crippen LogP contribution is 2.43. The van der Waals surface area contributed by atoms with Crippen LogP contribution in [0, 0.1) is 0 Å². The van der Waals surface area contributed by atoms with Gasteiger partial charge in [-0.05, 0) is 29.8 Å². The minimum Gasteiger partial charge on any atom is -0.508 e. The number of aromatic hydroxyl groups is 1. The van der Waals surface area contributed by atoms with Crippen molar-refractivity contribution in [3.05, 3.63) is 82.6 Å². The molecule has 4 nitrogen and oxygen atoms in total. The second kappa shape index (κ2) is 5.42. The van der Waals surface area contributed by atoms with E-state index in [0.717, 1.165) is 16.7 Å². The highest BCUT2D eigenvalue weighted by molar-refractivity contribution is 6.05. The molecule has 1 aliphatic heterocycles. The smallest absolute Gasteiger partial charge is 0.332 e. The average Bonchev–Trinajstić information content (AvgIpc) is 2.59. The zero-order valence-corrected chi connectivity index (χ0v) is 12.7. The maximum absolute atomic E-state index is 11.7. The SMILES string of the molecule is O=C(O)C1=C(c2ccccc2)C2=Cc3ccc(O)cc3OC2=CC1. The van der Waals surface area contributed by atoms with E-state index in [2.05, 4.69) is 0 Å². The maximum Gasteiger partial charge on any atom is 0.332 e. The van der Waals surface area contributed by atoms with Crippen molar-refractivity contribution in [3.63, 3.8) is 0 Å². The topological polar surface area (TPSA) is 66.8 Å². The number of hydrogen-bond acceptors (Lipinski definition) is 3. The number of benzene rings is 2. The summed E-state index contributed by atoms with van der Waals surface area (Å²) in [6, 6.07) is 14.4. The number of ether oxygens (including phenoxy) is 1. The lowest BCUT2D eigenvalue weighted by Gasteiger charge is -2.27. The van der Waals surface area contributed by atoms with Crippen molar-refractivity contribution in [3.8, 4) is 11.5 Å². The molecule has 24 heavy (non-hydrogen) atoms. The van der Waals surface area contributed by atoms with Crippen LogP contribution in [0.3, 0.4) is 0 Å². The minimum absolute atomic E-state index is 0.132. The first-order valence-electron chi connectivity index (χ1n) is 7.59. The molecule has 4 heteroatoms. The van der Waals surface area contributed by atoms with E-state index in [1.165, 1.54) is 0 Å². The molecule has 2 aliphatic rings. The third-order valence-electron chi connectivity index (χ3n) is 4.17. The lowest BCUT2D eigenvalue weighted by atomic mass is 9.84. The molecule has 1 aliphatic carbocycles. The Morgan fingerprint density at radius 1 is 1.08 bits per heavy atom. The summed E-state index contributed by atoms with van der Waals surface area (Å²) in [5.41, 5.74) is 3.43. The highest BCUT2D eigenvalue weighted by atomic mass is 16.5. The predicted molar refractivity (Wildman–Crippen MR) is 90.4 cm³/mol. The molecule has 0 bridgehead atoms. The molecule has 0 saturated carbocycles. The Bertz CT molecular complexity index is 933. The van der Waals surface area contributed by atoms with Crippen LogP contribution in [0.25, 0.3) is 11.6 Å². The second-order valence-corrected chi connectivity index (χ2v) is 5.68. The summed E-state index contributed by atoms with van der Waals surface area (Å²) in [7, 11) is 0. The van der Waals surface area contributed by atoms with E-state index in [-0.39, 0.29) is 5.75 Å². The number of carboxylic acids is 1. The van der Waals surface area contributed by atoms with Crippen LogP contribution in [0.15, 0.2) is 71.5 Å². The quantitative estimate of drug-likeness (QED) is 0.878. The van der Waals surface area contributed by atoms with Crippen LogP contribution in [-0.2, 0) is 4.79 Å². The van der Waals surface area contributed by atoms with Crippen molar-refractivity contribution in [2.24, 2.45) is 0 Å². The zero-order chi connectivity index (χ0) is 16.7. The van der Waals surface area contributed by atoms with Gasteiger partial charge in [-0.15, -0.1) is 0 Å². The number of carboxylic acid groups (broad SMARTS) is 1. The predicted octanol–water partition coefficient (Wildman–Crippen LogP) is 3.99. The monoisotopic (exact) mass is 318 g/mol. The summed E-state index contributed by atoms with van der Waals surface area (Å²) in [6.07, 6.45) is 3.98. The van der Waals surface area contributed by atoms with Gasteiger partial charge in [-0.1, -0.05) is 30.3 Å². The molecule has 0 atom stereocenters. The van der Waals surface area contributed by atoms with Crippen LogP contribution in [0.1, 0.15) is 17.5 Å². The van der Waals surface area contributed by atoms with Crippen molar-refractivity contribution in [2.75, 3.05) is 0 Å². The number of phenolic OH excluding ortho intramolecular Hbond substituents is 1. The van der Waals surface area contributed by atoms with Crippen LogP contribution in [0.4, 0.5) is 0 Å². The fraction of sp³-hybridized carbons (Fsp3) is 0.0500. The van der Waals surface area contributed by atoms with Crippen LogP contribution < -0.4 is 4.74 Å². The number of phenols is 1. The van der Waals surface area contributed by atoms with Gasteiger partial charge in [0, 0.05) is 34.8 Å². The molecular formula is C20H14O4. The summed E-state index contributed by atoms with van der Waals surface area (Å²) < 4.78 is 5.90. The number of allylic oxidation sites excluding steroid dienone is 2. The fourth-order valence-corrected chi connectivity index (χ4v) is 3.07. The maximum atomic E-state index is 11.7. The number of hydrogen-bond donors (Lipinski definition) is 2. The summed E-state index contributed by atoms with van der Waals surface area (Å²) in [5, 5.41) is 19.2. The van der Waals surface area contributed by atoms with Crippen LogP contribution in [0.2, 0.25) is 0 Å². The first-order valence-corrected chi connectivity index (χ1v) is 7.59. The van der Waals surface area contributed by atoms with Gasteiger partial charge in [-0.25, -0.2) is 4.79 Å². The van der Waals surface area contributed by atoms with E-state index in [9.17, 15) is 15.0 Å². The second-order valence-electron chi connectivity index (χ2n) is 5.68. The first kappa shape index (κ1) is 14.3. The van der Waals surface area contributed by atoms with Crippen LogP contribution >= 0.6 is 0 Å². The highest BCUT2D eigenvalue weighted by Gasteiger charge is 2.29. The van der Waals surface area contributed by atoms with Crippen LogP contribution in [-0.4, -0.2) is 16.2 Å². The Labute approximate surface area is 138 Å². The largest absolute Gasteiger partial charge is 0.508 e. The molecule has 0 unspecified atom stereocenters. The van der Waals surface area contributed by atoms with Gasteiger partial charge in [0.1, 0.15) is 17.3 Å². The molecule has 0 spiro atoms. The molecule has 4 rings (SSSR count). The normalized spacial score (nSPS) is 15.7. The van der Waals surface area contributed by atoms with Crippen molar-refractivity contribution >= 4 is 17.6 Å². The molecule has 0 aromatic heterocycles. The van der Waals surface area contributed by atoms with E-state index in [0.29, 0.717) is 29.1 Å². The number of aliphatic carboxylic acids is 1. The number of fused-ring (bicyclic) bond motifs is 2. The number of rotatable bonds is 2. The minimum atomic E-state index is -0.929. The zero-order valence-electron chi connectivity index (χ0n) is 12.7. The Hall–Kier alpha value is -3.27. The van der Waals surface area contributed by atoms with Gasteiger partial charge in [0.15, 0.2) is 0 Å². The lowest BCUT2D eigenvalue weighted by Crippen LogP contribution is -2.15. The summed E-state index contributed by atoms with van der Waals surface area (Å²) >= 11 is 0. The molecule has 118 valence electrons. The standard InChI is InChI=1S/C20H14O4/c21-14-7-6-13-10-16-17(24-18(13)11-14)9-8-15(20(22)23)19(16)12-4-2-1-3-5-12/h1-7,9-11,21H,8H2,(H,22,23). The van der Waals surface area contributed by atoms with Gasteiger partial charge in [0.05, 0.1) is 0 Å².